The first kappa shape index (κ1) is 19.2. The highest BCUT2D eigenvalue weighted by Gasteiger charge is 2.18. The van der Waals surface area contributed by atoms with Gasteiger partial charge in [0.15, 0.2) is 6.10 Å². The van der Waals surface area contributed by atoms with Gasteiger partial charge < -0.3 is 14.8 Å². The lowest BCUT2D eigenvalue weighted by molar-refractivity contribution is -0.148. The Morgan fingerprint density at radius 2 is 1.81 bits per heavy atom. The molecule has 5 heteroatoms. The smallest absolute Gasteiger partial charge is 0.331 e. The second kappa shape index (κ2) is 9.42. The van der Waals surface area contributed by atoms with Gasteiger partial charge in [0.05, 0.1) is 12.3 Å². The van der Waals surface area contributed by atoms with E-state index >= 15 is 0 Å². The fraction of sp³-hybridized carbons (Fsp3) is 0.238. The second-order valence-electron chi connectivity index (χ2n) is 5.74. The highest BCUT2D eigenvalue weighted by molar-refractivity contribution is 5.97. The largest absolute Gasteiger partial charge is 0.492 e. The van der Waals surface area contributed by atoms with E-state index < -0.39 is 18.0 Å². The van der Waals surface area contributed by atoms with E-state index in [9.17, 15) is 9.59 Å². The first-order valence-electron chi connectivity index (χ1n) is 8.47. The zero-order valence-corrected chi connectivity index (χ0v) is 15.2. The molecule has 1 atom stereocenters. The van der Waals surface area contributed by atoms with E-state index in [1.54, 1.807) is 24.3 Å². The van der Waals surface area contributed by atoms with Crippen LogP contribution in [-0.4, -0.2) is 24.6 Å². The predicted octanol–water partition coefficient (Wildman–Crippen LogP) is 3.98. The molecule has 136 valence electrons. The SMILES string of the molecule is CCOc1ccccc1NC(=O)[C@H](C)OC(=O)/C=C/c1ccc(C)cc1. The summed E-state index contributed by atoms with van der Waals surface area (Å²) in [5.74, 6) is -0.429. The highest BCUT2D eigenvalue weighted by atomic mass is 16.5. The summed E-state index contributed by atoms with van der Waals surface area (Å²) in [6, 6.07) is 14.8. The van der Waals surface area contributed by atoms with E-state index in [0.29, 0.717) is 18.0 Å². The molecule has 5 nitrogen and oxygen atoms in total. The van der Waals surface area contributed by atoms with Gasteiger partial charge in [-0.15, -0.1) is 0 Å². The van der Waals surface area contributed by atoms with Crippen molar-refractivity contribution in [2.75, 3.05) is 11.9 Å². The summed E-state index contributed by atoms with van der Waals surface area (Å²) in [5.41, 5.74) is 2.56. The molecule has 2 rings (SSSR count). The molecule has 0 heterocycles. The average Bonchev–Trinajstić information content (AvgIpc) is 2.63. The van der Waals surface area contributed by atoms with Crippen molar-refractivity contribution in [3.63, 3.8) is 0 Å². The van der Waals surface area contributed by atoms with Crippen molar-refractivity contribution in [3.8, 4) is 5.75 Å². The Kier molecular flexibility index (Phi) is 6.97. The number of carbonyl (C=O) groups is 2. The number of amides is 1. The van der Waals surface area contributed by atoms with Crippen LogP contribution in [0.5, 0.6) is 5.75 Å². The third-order valence-electron chi connectivity index (χ3n) is 3.60. The Bertz CT molecular complexity index is 781. The van der Waals surface area contributed by atoms with Crippen molar-refractivity contribution < 1.29 is 19.1 Å². The lowest BCUT2D eigenvalue weighted by Gasteiger charge is -2.15. The van der Waals surface area contributed by atoms with Gasteiger partial charge in [-0.25, -0.2) is 4.79 Å². The zero-order chi connectivity index (χ0) is 18.9. The number of hydrogen-bond acceptors (Lipinski definition) is 4. The molecule has 0 radical (unpaired) electrons. The van der Waals surface area contributed by atoms with Gasteiger partial charge in [-0.05, 0) is 44.5 Å². The molecule has 0 saturated carbocycles. The van der Waals surface area contributed by atoms with E-state index in [-0.39, 0.29) is 0 Å². The molecule has 0 saturated heterocycles. The summed E-state index contributed by atoms with van der Waals surface area (Å²) in [4.78, 5) is 24.2. The van der Waals surface area contributed by atoms with E-state index in [2.05, 4.69) is 5.32 Å². The van der Waals surface area contributed by atoms with Crippen LogP contribution in [0.15, 0.2) is 54.6 Å². The van der Waals surface area contributed by atoms with Crippen LogP contribution in [0, 0.1) is 6.92 Å². The topological polar surface area (TPSA) is 64.6 Å². The van der Waals surface area contributed by atoms with E-state index in [1.807, 2.05) is 44.2 Å². The molecular weight excluding hydrogens is 330 g/mol. The molecule has 2 aromatic carbocycles. The van der Waals surface area contributed by atoms with E-state index in [0.717, 1.165) is 11.1 Å². The first-order valence-corrected chi connectivity index (χ1v) is 8.47. The van der Waals surface area contributed by atoms with Crippen molar-refractivity contribution >= 4 is 23.6 Å². The maximum Gasteiger partial charge on any atom is 0.331 e. The number of ether oxygens (including phenoxy) is 2. The van der Waals surface area contributed by atoms with Crippen LogP contribution in [-0.2, 0) is 14.3 Å². The molecule has 1 amide bonds. The molecule has 0 unspecified atom stereocenters. The van der Waals surface area contributed by atoms with Gasteiger partial charge in [0.25, 0.3) is 5.91 Å². The summed E-state index contributed by atoms with van der Waals surface area (Å²) in [6.07, 6.45) is 2.03. The number of rotatable bonds is 7. The summed E-state index contributed by atoms with van der Waals surface area (Å²) in [5, 5.41) is 2.72. The minimum atomic E-state index is -0.931. The van der Waals surface area contributed by atoms with Crippen molar-refractivity contribution in [3.05, 3.63) is 65.7 Å². The van der Waals surface area contributed by atoms with Gasteiger partial charge in [0.1, 0.15) is 5.75 Å². The van der Waals surface area contributed by atoms with Crippen LogP contribution < -0.4 is 10.1 Å². The van der Waals surface area contributed by atoms with Gasteiger partial charge in [0, 0.05) is 6.08 Å². The molecule has 0 aliphatic carbocycles. The Labute approximate surface area is 153 Å². The van der Waals surface area contributed by atoms with Gasteiger partial charge in [-0.1, -0.05) is 42.0 Å². The quantitative estimate of drug-likeness (QED) is 0.604. The predicted molar refractivity (Wildman–Crippen MR) is 102 cm³/mol. The monoisotopic (exact) mass is 353 g/mol. The van der Waals surface area contributed by atoms with Crippen LogP contribution in [0.3, 0.4) is 0 Å². The summed E-state index contributed by atoms with van der Waals surface area (Å²) >= 11 is 0. The maximum absolute atomic E-state index is 12.2. The number of para-hydroxylation sites is 2. The Balaban J connectivity index is 1.92. The number of benzene rings is 2. The van der Waals surface area contributed by atoms with E-state index in [4.69, 9.17) is 9.47 Å². The molecule has 0 aliphatic heterocycles. The molecule has 0 aliphatic rings. The van der Waals surface area contributed by atoms with Crippen molar-refractivity contribution in [1.82, 2.24) is 0 Å². The maximum atomic E-state index is 12.2. The van der Waals surface area contributed by atoms with Crippen molar-refractivity contribution in [2.24, 2.45) is 0 Å². The van der Waals surface area contributed by atoms with Crippen molar-refractivity contribution in [2.45, 2.75) is 26.9 Å². The number of anilines is 1. The third kappa shape index (κ3) is 5.77. The molecule has 1 N–H and O–H groups in total. The van der Waals surface area contributed by atoms with Crippen LogP contribution >= 0.6 is 0 Å². The number of hydrogen-bond donors (Lipinski definition) is 1. The molecule has 0 bridgehead atoms. The number of carbonyl (C=O) groups excluding carboxylic acids is 2. The van der Waals surface area contributed by atoms with E-state index in [1.165, 1.54) is 13.0 Å². The summed E-state index contributed by atoms with van der Waals surface area (Å²) in [6.45, 7) is 5.87. The normalized spacial score (nSPS) is 11.8. The van der Waals surface area contributed by atoms with Gasteiger partial charge in [-0.3, -0.25) is 4.79 Å². The molecule has 0 spiro atoms. The lowest BCUT2D eigenvalue weighted by atomic mass is 10.1. The van der Waals surface area contributed by atoms with Crippen molar-refractivity contribution in [1.29, 1.82) is 0 Å². The number of esters is 1. The number of aryl methyl sites for hydroxylation is 1. The minimum absolute atomic E-state index is 0.422. The Hall–Kier alpha value is -3.08. The zero-order valence-electron chi connectivity index (χ0n) is 15.2. The second-order valence-corrected chi connectivity index (χ2v) is 5.74. The standard InChI is InChI=1S/C21H23NO4/c1-4-25-19-8-6-5-7-18(19)22-21(24)16(3)26-20(23)14-13-17-11-9-15(2)10-12-17/h5-14,16H,4H2,1-3H3,(H,22,24)/b14-13+/t16-/m0/s1. The van der Waals surface area contributed by atoms with Crippen LogP contribution in [0.25, 0.3) is 6.08 Å². The number of nitrogens with one attached hydrogen (secondary N) is 1. The molecule has 26 heavy (non-hydrogen) atoms. The molecule has 0 fully saturated rings. The summed E-state index contributed by atoms with van der Waals surface area (Å²) < 4.78 is 10.6. The van der Waals surface area contributed by atoms with Crippen LogP contribution in [0.4, 0.5) is 5.69 Å². The lowest BCUT2D eigenvalue weighted by Crippen LogP contribution is -2.29. The first-order chi connectivity index (χ1) is 12.5. The fourth-order valence-corrected chi connectivity index (χ4v) is 2.19. The van der Waals surface area contributed by atoms with Gasteiger partial charge in [-0.2, -0.15) is 0 Å². The fourth-order valence-electron chi connectivity index (χ4n) is 2.19. The summed E-state index contributed by atoms with van der Waals surface area (Å²) in [7, 11) is 0. The van der Waals surface area contributed by atoms with Crippen LogP contribution in [0.1, 0.15) is 25.0 Å². The van der Waals surface area contributed by atoms with Gasteiger partial charge >= 0.3 is 5.97 Å². The Morgan fingerprint density at radius 1 is 1.12 bits per heavy atom. The average molecular weight is 353 g/mol. The minimum Gasteiger partial charge on any atom is -0.492 e. The molecule has 0 aromatic heterocycles. The highest BCUT2D eigenvalue weighted by Crippen LogP contribution is 2.23. The molecule has 2 aromatic rings. The Morgan fingerprint density at radius 3 is 2.50 bits per heavy atom. The van der Waals surface area contributed by atoms with Gasteiger partial charge in [0.2, 0.25) is 0 Å². The third-order valence-corrected chi connectivity index (χ3v) is 3.60. The van der Waals surface area contributed by atoms with Crippen LogP contribution in [0.2, 0.25) is 0 Å². The molecular formula is C21H23NO4.